The molecule has 1 aliphatic heterocycles. The van der Waals surface area contributed by atoms with E-state index >= 15 is 0 Å². The predicted molar refractivity (Wildman–Crippen MR) is 103 cm³/mol. The molecule has 1 fully saturated rings. The Morgan fingerprint density at radius 2 is 1.78 bits per heavy atom. The summed E-state index contributed by atoms with van der Waals surface area (Å²) in [6.45, 7) is 3.59. The Balaban J connectivity index is 1.64. The average molecular weight is 408 g/mol. The first kappa shape index (κ1) is 18.1. The average Bonchev–Trinajstić information content (AvgIpc) is 3.13. The Morgan fingerprint density at radius 3 is 2.44 bits per heavy atom. The highest BCUT2D eigenvalue weighted by Crippen LogP contribution is 2.24. The lowest BCUT2D eigenvalue weighted by molar-refractivity contribution is 0.385. The van der Waals surface area contributed by atoms with Crippen molar-refractivity contribution in [2.24, 2.45) is 0 Å². The SMILES string of the molecule is CCS(=O)(=O)N1CCN(c2ncnc3c2nnn3-c2ccc(Cl)cc2)CC1. The number of hydrogen-bond donors (Lipinski definition) is 0. The first-order chi connectivity index (χ1) is 13.0. The molecule has 9 nitrogen and oxygen atoms in total. The monoisotopic (exact) mass is 407 g/mol. The van der Waals surface area contributed by atoms with Crippen LogP contribution in [-0.2, 0) is 10.0 Å². The molecule has 0 spiro atoms. The second kappa shape index (κ2) is 7.02. The first-order valence-corrected chi connectivity index (χ1v) is 10.5. The number of fused-ring (bicyclic) bond motifs is 1. The Bertz CT molecular complexity index is 1060. The van der Waals surface area contributed by atoms with Gasteiger partial charge in [0, 0.05) is 31.2 Å². The molecule has 0 aliphatic carbocycles. The number of hydrogen-bond acceptors (Lipinski definition) is 7. The van der Waals surface area contributed by atoms with E-state index in [2.05, 4.69) is 20.3 Å². The van der Waals surface area contributed by atoms with Gasteiger partial charge in [0.05, 0.1) is 11.4 Å². The van der Waals surface area contributed by atoms with Crippen molar-refractivity contribution < 1.29 is 8.42 Å². The molecule has 1 saturated heterocycles. The summed E-state index contributed by atoms with van der Waals surface area (Å²) in [5, 5.41) is 9.10. The highest BCUT2D eigenvalue weighted by Gasteiger charge is 2.27. The standard InChI is InChI=1S/C16H18ClN7O2S/c1-2-27(25,26)23-9-7-22(8-10-23)15-14-16(19-11-18-15)24(21-20-14)13-5-3-12(17)4-6-13/h3-6,11H,2,7-10H2,1H3. The summed E-state index contributed by atoms with van der Waals surface area (Å²) in [5.74, 6) is 0.772. The number of piperazine rings is 1. The fourth-order valence-electron chi connectivity index (χ4n) is 3.09. The molecular formula is C16H18ClN7O2S. The number of aromatic nitrogens is 5. The van der Waals surface area contributed by atoms with Crippen LogP contribution in [0.4, 0.5) is 5.82 Å². The van der Waals surface area contributed by atoms with E-state index < -0.39 is 10.0 Å². The molecule has 27 heavy (non-hydrogen) atoms. The summed E-state index contributed by atoms with van der Waals surface area (Å²) in [6, 6.07) is 7.24. The van der Waals surface area contributed by atoms with Crippen LogP contribution >= 0.6 is 11.6 Å². The minimum atomic E-state index is -3.17. The van der Waals surface area contributed by atoms with Crippen molar-refractivity contribution in [2.45, 2.75) is 6.92 Å². The van der Waals surface area contributed by atoms with Crippen LogP contribution in [0.3, 0.4) is 0 Å². The van der Waals surface area contributed by atoms with E-state index in [9.17, 15) is 8.42 Å². The second-order valence-corrected chi connectivity index (χ2v) is 8.83. The molecule has 1 aromatic carbocycles. The van der Waals surface area contributed by atoms with Gasteiger partial charge in [0.2, 0.25) is 10.0 Å². The van der Waals surface area contributed by atoms with Crippen LogP contribution in [0.1, 0.15) is 6.92 Å². The molecule has 11 heteroatoms. The number of benzene rings is 1. The van der Waals surface area contributed by atoms with Gasteiger partial charge in [-0.2, -0.15) is 8.99 Å². The quantitative estimate of drug-likeness (QED) is 0.643. The lowest BCUT2D eigenvalue weighted by Gasteiger charge is -2.34. The van der Waals surface area contributed by atoms with Gasteiger partial charge in [0.1, 0.15) is 6.33 Å². The fourth-order valence-corrected chi connectivity index (χ4v) is 4.30. The van der Waals surface area contributed by atoms with Crippen molar-refractivity contribution in [3.63, 3.8) is 0 Å². The highest BCUT2D eigenvalue weighted by molar-refractivity contribution is 7.89. The van der Waals surface area contributed by atoms with Gasteiger partial charge in [-0.05, 0) is 31.2 Å². The molecule has 0 saturated carbocycles. The summed E-state index contributed by atoms with van der Waals surface area (Å²) in [4.78, 5) is 10.7. The van der Waals surface area contributed by atoms with Crippen molar-refractivity contribution in [1.29, 1.82) is 0 Å². The lowest BCUT2D eigenvalue weighted by atomic mass is 10.3. The second-order valence-electron chi connectivity index (χ2n) is 6.13. The first-order valence-electron chi connectivity index (χ1n) is 8.54. The topological polar surface area (TPSA) is 97.1 Å². The van der Waals surface area contributed by atoms with Gasteiger partial charge in [-0.25, -0.2) is 18.4 Å². The molecule has 3 heterocycles. The lowest BCUT2D eigenvalue weighted by Crippen LogP contribution is -2.49. The van der Waals surface area contributed by atoms with Gasteiger partial charge in [-0.15, -0.1) is 5.10 Å². The van der Waals surface area contributed by atoms with E-state index in [1.54, 1.807) is 23.7 Å². The zero-order valence-electron chi connectivity index (χ0n) is 14.7. The Labute approximate surface area is 161 Å². The Kier molecular flexibility index (Phi) is 4.70. The van der Waals surface area contributed by atoms with E-state index in [0.717, 1.165) is 5.69 Å². The third-order valence-electron chi connectivity index (χ3n) is 4.59. The van der Waals surface area contributed by atoms with Gasteiger partial charge >= 0.3 is 0 Å². The van der Waals surface area contributed by atoms with Crippen molar-refractivity contribution in [3.05, 3.63) is 35.6 Å². The molecule has 2 aromatic heterocycles. The molecular weight excluding hydrogens is 390 g/mol. The van der Waals surface area contributed by atoms with Crippen molar-refractivity contribution in [3.8, 4) is 5.69 Å². The molecule has 0 bridgehead atoms. The number of nitrogens with zero attached hydrogens (tertiary/aromatic N) is 7. The summed E-state index contributed by atoms with van der Waals surface area (Å²) in [6.07, 6.45) is 1.47. The molecule has 0 unspecified atom stereocenters. The summed E-state index contributed by atoms with van der Waals surface area (Å²) >= 11 is 5.95. The summed E-state index contributed by atoms with van der Waals surface area (Å²) < 4.78 is 27.2. The van der Waals surface area contributed by atoms with Crippen molar-refractivity contribution in [1.82, 2.24) is 29.3 Å². The molecule has 0 amide bonds. The predicted octanol–water partition coefficient (Wildman–Crippen LogP) is 1.34. The maximum atomic E-state index is 12.0. The number of rotatable bonds is 4. The van der Waals surface area contributed by atoms with Crippen LogP contribution in [0.15, 0.2) is 30.6 Å². The van der Waals surface area contributed by atoms with Crippen LogP contribution in [0, 0.1) is 0 Å². The van der Waals surface area contributed by atoms with Crippen LogP contribution in [-0.4, -0.2) is 69.6 Å². The smallest absolute Gasteiger partial charge is 0.213 e. The Hall–Kier alpha value is -2.30. The normalized spacial score (nSPS) is 16.1. The maximum absolute atomic E-state index is 12.0. The zero-order chi connectivity index (χ0) is 19.0. The fraction of sp³-hybridized carbons (Fsp3) is 0.375. The van der Waals surface area contributed by atoms with E-state index in [0.29, 0.717) is 48.2 Å². The Morgan fingerprint density at radius 1 is 1.07 bits per heavy atom. The van der Waals surface area contributed by atoms with Crippen LogP contribution in [0.2, 0.25) is 5.02 Å². The third kappa shape index (κ3) is 3.35. The van der Waals surface area contributed by atoms with Crippen LogP contribution < -0.4 is 4.90 Å². The largest absolute Gasteiger partial charge is 0.352 e. The van der Waals surface area contributed by atoms with Crippen molar-refractivity contribution in [2.75, 3.05) is 36.8 Å². The van der Waals surface area contributed by atoms with Crippen LogP contribution in [0.25, 0.3) is 16.9 Å². The summed E-state index contributed by atoms with van der Waals surface area (Å²) in [5.41, 5.74) is 1.97. The van der Waals surface area contributed by atoms with E-state index in [1.165, 1.54) is 10.6 Å². The van der Waals surface area contributed by atoms with Gasteiger partial charge in [0.25, 0.3) is 0 Å². The maximum Gasteiger partial charge on any atom is 0.213 e. The van der Waals surface area contributed by atoms with Crippen molar-refractivity contribution >= 4 is 38.6 Å². The third-order valence-corrected chi connectivity index (χ3v) is 6.72. The van der Waals surface area contributed by atoms with Gasteiger partial charge in [0.15, 0.2) is 17.0 Å². The minimum absolute atomic E-state index is 0.111. The zero-order valence-corrected chi connectivity index (χ0v) is 16.2. The van der Waals surface area contributed by atoms with E-state index in [4.69, 9.17) is 11.6 Å². The number of halogens is 1. The molecule has 3 aromatic rings. The molecule has 4 rings (SSSR count). The summed E-state index contributed by atoms with van der Waals surface area (Å²) in [7, 11) is -3.17. The number of sulfonamides is 1. The molecule has 0 N–H and O–H groups in total. The molecule has 142 valence electrons. The van der Waals surface area contributed by atoms with Gasteiger partial charge < -0.3 is 4.90 Å². The number of anilines is 1. The van der Waals surface area contributed by atoms with Gasteiger partial charge in [-0.1, -0.05) is 16.8 Å². The molecule has 0 radical (unpaired) electrons. The van der Waals surface area contributed by atoms with Crippen LogP contribution in [0.5, 0.6) is 0 Å². The van der Waals surface area contributed by atoms with Gasteiger partial charge in [-0.3, -0.25) is 0 Å². The minimum Gasteiger partial charge on any atom is -0.352 e. The molecule has 1 aliphatic rings. The highest BCUT2D eigenvalue weighted by atomic mass is 35.5. The molecule has 0 atom stereocenters. The van der Waals surface area contributed by atoms with E-state index in [1.807, 2.05) is 17.0 Å². The van der Waals surface area contributed by atoms with E-state index in [-0.39, 0.29) is 5.75 Å².